The maximum Gasteiger partial charge on any atom is 0.225 e. The summed E-state index contributed by atoms with van der Waals surface area (Å²) in [5.74, 6) is 0.102. The first-order valence-corrected chi connectivity index (χ1v) is 4.66. The van der Waals surface area contributed by atoms with Crippen LogP contribution in [-0.2, 0) is 4.79 Å². The summed E-state index contributed by atoms with van der Waals surface area (Å²) in [6.45, 7) is 3.42. The van der Waals surface area contributed by atoms with Crippen molar-refractivity contribution >= 4 is 5.91 Å². The minimum absolute atomic E-state index is 0.102. The van der Waals surface area contributed by atoms with Gasteiger partial charge in [-0.15, -0.1) is 0 Å². The van der Waals surface area contributed by atoms with Crippen molar-refractivity contribution in [2.75, 3.05) is 13.1 Å². The largest absolute Gasteiger partial charge is 0.393 e. The molecule has 0 aliphatic carbocycles. The van der Waals surface area contributed by atoms with Crippen molar-refractivity contribution in [1.82, 2.24) is 4.90 Å². The molecule has 0 radical (unpaired) electrons. The summed E-state index contributed by atoms with van der Waals surface area (Å²) in [4.78, 5) is 13.2. The maximum absolute atomic E-state index is 11.4. The molecule has 1 aliphatic heterocycles. The third-order valence-electron chi connectivity index (χ3n) is 2.18. The number of rotatable bonds is 2. The second-order valence-corrected chi connectivity index (χ2v) is 3.49. The molecule has 0 spiro atoms. The third-order valence-corrected chi connectivity index (χ3v) is 2.18. The van der Waals surface area contributed by atoms with E-state index in [4.69, 9.17) is 5.11 Å². The molecule has 1 heterocycles. The number of likely N-dealkylation sites (tertiary alicyclic amines) is 1. The Morgan fingerprint density at radius 3 is 2.50 bits per heavy atom. The van der Waals surface area contributed by atoms with Crippen molar-refractivity contribution < 1.29 is 9.90 Å². The van der Waals surface area contributed by atoms with E-state index in [1.54, 1.807) is 6.92 Å². The van der Waals surface area contributed by atoms with Gasteiger partial charge in [-0.3, -0.25) is 4.79 Å². The quantitative estimate of drug-likeness (QED) is 0.666. The van der Waals surface area contributed by atoms with E-state index in [1.807, 2.05) is 4.90 Å². The van der Waals surface area contributed by atoms with E-state index in [-0.39, 0.29) is 12.3 Å². The second-order valence-electron chi connectivity index (χ2n) is 3.49. The summed E-state index contributed by atoms with van der Waals surface area (Å²) in [6, 6.07) is 0. The van der Waals surface area contributed by atoms with Gasteiger partial charge < -0.3 is 10.0 Å². The zero-order valence-electron chi connectivity index (χ0n) is 7.62. The fourth-order valence-corrected chi connectivity index (χ4v) is 1.53. The van der Waals surface area contributed by atoms with Crippen molar-refractivity contribution in [1.29, 1.82) is 0 Å². The number of hydrogen-bond acceptors (Lipinski definition) is 2. The van der Waals surface area contributed by atoms with Crippen LogP contribution in [0.25, 0.3) is 0 Å². The van der Waals surface area contributed by atoms with E-state index in [0.717, 1.165) is 25.9 Å². The number of piperidine rings is 1. The molecule has 1 fully saturated rings. The van der Waals surface area contributed by atoms with Crippen LogP contribution >= 0.6 is 0 Å². The Morgan fingerprint density at radius 2 is 2.00 bits per heavy atom. The zero-order chi connectivity index (χ0) is 8.97. The van der Waals surface area contributed by atoms with Crippen LogP contribution in [0.5, 0.6) is 0 Å². The topological polar surface area (TPSA) is 40.5 Å². The lowest BCUT2D eigenvalue weighted by atomic mass is 10.1. The summed E-state index contributed by atoms with van der Waals surface area (Å²) in [5.41, 5.74) is 0. The Balaban J connectivity index is 2.30. The predicted molar refractivity (Wildman–Crippen MR) is 46.7 cm³/mol. The van der Waals surface area contributed by atoms with Crippen LogP contribution in [-0.4, -0.2) is 35.1 Å². The van der Waals surface area contributed by atoms with Crippen LogP contribution in [0.2, 0.25) is 0 Å². The molecule has 0 saturated carbocycles. The van der Waals surface area contributed by atoms with Gasteiger partial charge in [0.2, 0.25) is 5.91 Å². The fourth-order valence-electron chi connectivity index (χ4n) is 1.53. The zero-order valence-corrected chi connectivity index (χ0v) is 7.62. The molecule has 1 N–H and O–H groups in total. The minimum Gasteiger partial charge on any atom is -0.393 e. The van der Waals surface area contributed by atoms with Crippen LogP contribution < -0.4 is 0 Å². The van der Waals surface area contributed by atoms with E-state index in [9.17, 15) is 4.79 Å². The molecule has 0 aromatic carbocycles. The molecule has 1 rings (SSSR count). The number of hydrogen-bond donors (Lipinski definition) is 1. The van der Waals surface area contributed by atoms with Gasteiger partial charge in [0.05, 0.1) is 12.5 Å². The summed E-state index contributed by atoms with van der Waals surface area (Å²) in [7, 11) is 0. The van der Waals surface area contributed by atoms with Gasteiger partial charge in [-0.2, -0.15) is 0 Å². The van der Waals surface area contributed by atoms with Gasteiger partial charge in [0.25, 0.3) is 0 Å². The van der Waals surface area contributed by atoms with Crippen molar-refractivity contribution in [2.45, 2.75) is 38.7 Å². The highest BCUT2D eigenvalue weighted by atomic mass is 16.3. The molecule has 1 atom stereocenters. The highest BCUT2D eigenvalue weighted by Crippen LogP contribution is 2.10. The molecule has 0 bridgehead atoms. The summed E-state index contributed by atoms with van der Waals surface area (Å²) < 4.78 is 0. The molecular formula is C9H17NO2. The minimum atomic E-state index is -0.501. The van der Waals surface area contributed by atoms with Crippen LogP contribution in [0.4, 0.5) is 0 Å². The summed E-state index contributed by atoms with van der Waals surface area (Å²) in [5, 5.41) is 9.01. The monoisotopic (exact) mass is 171 g/mol. The SMILES string of the molecule is CC(O)CC(=O)N1CCCCC1. The molecule has 12 heavy (non-hydrogen) atoms. The Kier molecular flexibility index (Phi) is 3.53. The highest BCUT2D eigenvalue weighted by Gasteiger charge is 2.17. The Hall–Kier alpha value is -0.570. The van der Waals surface area contributed by atoms with Gasteiger partial charge in [0, 0.05) is 13.1 Å². The Labute approximate surface area is 73.4 Å². The van der Waals surface area contributed by atoms with Gasteiger partial charge in [-0.05, 0) is 26.2 Å². The normalized spacial score (nSPS) is 20.7. The molecule has 3 heteroatoms. The number of aliphatic hydroxyl groups is 1. The maximum atomic E-state index is 11.4. The van der Waals surface area contributed by atoms with Crippen molar-refractivity contribution in [3.63, 3.8) is 0 Å². The van der Waals surface area contributed by atoms with Gasteiger partial charge in [0.15, 0.2) is 0 Å². The van der Waals surface area contributed by atoms with Gasteiger partial charge in [-0.25, -0.2) is 0 Å². The van der Waals surface area contributed by atoms with Crippen molar-refractivity contribution in [2.24, 2.45) is 0 Å². The van der Waals surface area contributed by atoms with Gasteiger partial charge >= 0.3 is 0 Å². The van der Waals surface area contributed by atoms with E-state index in [1.165, 1.54) is 6.42 Å². The molecular weight excluding hydrogens is 154 g/mol. The molecule has 1 amide bonds. The average Bonchev–Trinajstić information content (AvgIpc) is 2.05. The third kappa shape index (κ3) is 2.81. The van der Waals surface area contributed by atoms with Gasteiger partial charge in [-0.1, -0.05) is 0 Å². The summed E-state index contributed by atoms with van der Waals surface area (Å²) >= 11 is 0. The van der Waals surface area contributed by atoms with E-state index in [2.05, 4.69) is 0 Å². The van der Waals surface area contributed by atoms with E-state index in [0.29, 0.717) is 0 Å². The first kappa shape index (κ1) is 9.52. The standard InChI is InChI=1S/C9H17NO2/c1-8(11)7-9(12)10-5-3-2-4-6-10/h8,11H,2-7H2,1H3. The number of nitrogens with zero attached hydrogens (tertiary/aromatic N) is 1. The number of carbonyl (C=O) groups excluding carboxylic acids is 1. The van der Waals surface area contributed by atoms with Crippen LogP contribution in [0, 0.1) is 0 Å². The molecule has 1 aliphatic rings. The number of carbonyl (C=O) groups is 1. The first-order chi connectivity index (χ1) is 5.70. The van der Waals surface area contributed by atoms with Crippen molar-refractivity contribution in [3.05, 3.63) is 0 Å². The summed E-state index contributed by atoms with van der Waals surface area (Å²) in [6.07, 6.45) is 3.25. The van der Waals surface area contributed by atoms with E-state index >= 15 is 0 Å². The predicted octanol–water partition coefficient (Wildman–Crippen LogP) is 0.770. The second kappa shape index (κ2) is 4.45. The molecule has 1 unspecified atom stereocenters. The van der Waals surface area contributed by atoms with Crippen molar-refractivity contribution in [3.8, 4) is 0 Å². The molecule has 1 saturated heterocycles. The Bertz CT molecular complexity index is 151. The van der Waals surface area contributed by atoms with Crippen LogP contribution in [0.3, 0.4) is 0 Å². The van der Waals surface area contributed by atoms with Crippen LogP contribution in [0.1, 0.15) is 32.6 Å². The molecule has 70 valence electrons. The lowest BCUT2D eigenvalue weighted by Crippen LogP contribution is -2.36. The first-order valence-electron chi connectivity index (χ1n) is 4.66. The van der Waals surface area contributed by atoms with Crippen LogP contribution in [0.15, 0.2) is 0 Å². The molecule has 0 aromatic heterocycles. The molecule has 3 nitrogen and oxygen atoms in total. The average molecular weight is 171 g/mol. The lowest BCUT2D eigenvalue weighted by Gasteiger charge is -2.27. The highest BCUT2D eigenvalue weighted by molar-refractivity contribution is 5.76. The Morgan fingerprint density at radius 1 is 1.42 bits per heavy atom. The number of amides is 1. The number of aliphatic hydroxyl groups excluding tert-OH is 1. The smallest absolute Gasteiger partial charge is 0.225 e. The lowest BCUT2D eigenvalue weighted by molar-refractivity contribution is -0.133. The van der Waals surface area contributed by atoms with E-state index < -0.39 is 6.10 Å². The van der Waals surface area contributed by atoms with Gasteiger partial charge in [0.1, 0.15) is 0 Å². The fraction of sp³-hybridized carbons (Fsp3) is 0.889. The molecule has 0 aromatic rings.